The van der Waals surface area contributed by atoms with Gasteiger partial charge in [-0.15, -0.1) is 11.3 Å². The van der Waals surface area contributed by atoms with Crippen LogP contribution >= 0.6 is 11.3 Å². The van der Waals surface area contributed by atoms with E-state index in [-0.39, 0.29) is 28.6 Å². The average Bonchev–Trinajstić information content (AvgIpc) is 3.40. The molecule has 212 valence electrons. The molecule has 0 saturated carbocycles. The van der Waals surface area contributed by atoms with Gasteiger partial charge in [0.05, 0.1) is 12.6 Å². The zero-order valence-electron chi connectivity index (χ0n) is 22.8. The number of carbonyl (C=O) groups is 3. The molecular formula is C32H28N4O5S. The van der Waals surface area contributed by atoms with Crippen LogP contribution in [0.1, 0.15) is 55.8 Å². The van der Waals surface area contributed by atoms with Gasteiger partial charge in [0, 0.05) is 45.8 Å². The fourth-order valence-corrected chi connectivity index (χ4v) is 6.07. The lowest BCUT2D eigenvalue weighted by Crippen LogP contribution is -2.39. The van der Waals surface area contributed by atoms with E-state index in [0.717, 1.165) is 33.6 Å². The van der Waals surface area contributed by atoms with E-state index in [1.807, 2.05) is 36.6 Å². The first-order valence-electron chi connectivity index (χ1n) is 13.5. The average molecular weight is 581 g/mol. The van der Waals surface area contributed by atoms with E-state index < -0.39 is 17.8 Å². The first-order chi connectivity index (χ1) is 20.3. The third-order valence-electron chi connectivity index (χ3n) is 7.58. The normalized spacial score (nSPS) is 15.2. The van der Waals surface area contributed by atoms with Gasteiger partial charge in [0.15, 0.2) is 5.69 Å². The summed E-state index contributed by atoms with van der Waals surface area (Å²) in [4.78, 5) is 44.4. The number of carboxylic acids is 1. The minimum Gasteiger partial charge on any atom is -0.493 e. The van der Waals surface area contributed by atoms with Crippen LogP contribution in [0.25, 0.3) is 21.6 Å². The Bertz CT molecular complexity index is 1760. The molecule has 2 aromatic heterocycles. The number of benzene rings is 2. The van der Waals surface area contributed by atoms with Gasteiger partial charge in [-0.3, -0.25) is 9.59 Å². The molecule has 1 aliphatic heterocycles. The molecule has 3 heterocycles. The number of rotatable bonds is 7. The van der Waals surface area contributed by atoms with Crippen molar-refractivity contribution in [1.82, 2.24) is 10.3 Å². The van der Waals surface area contributed by atoms with Gasteiger partial charge in [0.25, 0.3) is 11.8 Å². The number of fused-ring (bicyclic) bond motifs is 3. The number of ether oxygens (including phenoxy) is 1. The van der Waals surface area contributed by atoms with Crippen LogP contribution in [-0.2, 0) is 13.0 Å². The number of aromatic nitrogens is 1. The number of carboxylic acid groups (broad SMARTS) is 1. The number of aromatic carboxylic acids is 1. The predicted octanol–water partition coefficient (Wildman–Crippen LogP) is 5.27. The molecule has 0 saturated heterocycles. The number of nitrogens with one attached hydrogen (secondary N) is 2. The van der Waals surface area contributed by atoms with Crippen molar-refractivity contribution < 1.29 is 24.2 Å². The highest BCUT2D eigenvalue weighted by atomic mass is 32.1. The summed E-state index contributed by atoms with van der Waals surface area (Å²) >= 11 is 1.56. The largest absolute Gasteiger partial charge is 0.493 e. The minimum atomic E-state index is -1.32. The smallest absolute Gasteiger partial charge is 0.355 e. The monoisotopic (exact) mass is 580 g/mol. The van der Waals surface area contributed by atoms with Gasteiger partial charge < -0.3 is 26.2 Å². The second-order valence-corrected chi connectivity index (χ2v) is 11.1. The Morgan fingerprint density at radius 2 is 1.86 bits per heavy atom. The third kappa shape index (κ3) is 5.17. The Balaban J connectivity index is 1.45. The highest BCUT2D eigenvalue weighted by molar-refractivity contribution is 7.13. The van der Waals surface area contributed by atoms with Crippen LogP contribution in [0, 0.1) is 0 Å². The number of hydrogen-bond donors (Lipinski definition) is 4. The summed E-state index contributed by atoms with van der Waals surface area (Å²) in [7, 11) is 0. The lowest BCUT2D eigenvalue weighted by atomic mass is 9.93. The van der Waals surface area contributed by atoms with Crippen molar-refractivity contribution in [1.29, 1.82) is 0 Å². The van der Waals surface area contributed by atoms with Gasteiger partial charge in [-0.2, -0.15) is 0 Å². The maximum absolute atomic E-state index is 13.8. The number of anilines is 1. The van der Waals surface area contributed by atoms with Crippen molar-refractivity contribution in [2.24, 2.45) is 5.73 Å². The van der Waals surface area contributed by atoms with E-state index >= 15 is 0 Å². The van der Waals surface area contributed by atoms with E-state index in [1.165, 1.54) is 12.1 Å². The number of thiophene rings is 1. The molecule has 0 fully saturated rings. The van der Waals surface area contributed by atoms with Crippen LogP contribution in [0.2, 0.25) is 0 Å². The van der Waals surface area contributed by atoms with Gasteiger partial charge in [-0.05, 0) is 72.3 Å². The van der Waals surface area contributed by atoms with E-state index in [0.29, 0.717) is 36.6 Å². The summed E-state index contributed by atoms with van der Waals surface area (Å²) < 4.78 is 6.09. The lowest BCUT2D eigenvalue weighted by Gasteiger charge is -2.25. The summed E-state index contributed by atoms with van der Waals surface area (Å²) in [6.07, 6.45) is 3.44. The molecule has 4 aromatic rings. The Hall–Kier alpha value is -4.80. The number of hydrogen-bond acceptors (Lipinski definition) is 7. The van der Waals surface area contributed by atoms with Crippen LogP contribution in [0.3, 0.4) is 0 Å². The molecular weight excluding hydrogens is 552 g/mol. The second kappa shape index (κ2) is 11.2. The number of carbonyl (C=O) groups excluding carboxylic acids is 2. The number of pyridine rings is 1. The first-order valence-corrected chi connectivity index (χ1v) is 14.4. The van der Waals surface area contributed by atoms with E-state index in [9.17, 15) is 19.5 Å². The maximum atomic E-state index is 13.8. The van der Waals surface area contributed by atoms with Gasteiger partial charge in [0.2, 0.25) is 0 Å². The summed E-state index contributed by atoms with van der Waals surface area (Å²) in [5, 5.41) is 18.0. The van der Waals surface area contributed by atoms with Crippen molar-refractivity contribution in [3.8, 4) is 27.3 Å². The molecule has 0 radical (unpaired) electrons. The molecule has 10 heteroatoms. The minimum absolute atomic E-state index is 0.0175. The van der Waals surface area contributed by atoms with Crippen molar-refractivity contribution in [3.05, 3.63) is 99.7 Å². The van der Waals surface area contributed by atoms with E-state index in [2.05, 4.69) is 15.6 Å². The highest BCUT2D eigenvalue weighted by Crippen LogP contribution is 2.43. The number of nitrogens with two attached hydrogens (primary N) is 1. The predicted molar refractivity (Wildman–Crippen MR) is 161 cm³/mol. The van der Waals surface area contributed by atoms with E-state index in [1.54, 1.807) is 35.6 Å². The molecule has 2 aromatic carbocycles. The molecule has 0 spiro atoms. The fourth-order valence-electron chi connectivity index (χ4n) is 5.09. The number of amides is 2. The molecule has 2 amide bonds. The van der Waals surface area contributed by atoms with E-state index in [4.69, 9.17) is 10.5 Å². The quantitative estimate of drug-likeness (QED) is 0.218. The van der Waals surface area contributed by atoms with Gasteiger partial charge in [-0.25, -0.2) is 9.78 Å². The molecule has 5 N–H and O–H groups in total. The first kappa shape index (κ1) is 27.4. The molecule has 1 aliphatic carbocycles. The highest BCUT2D eigenvalue weighted by Gasteiger charge is 2.27. The Morgan fingerprint density at radius 3 is 2.55 bits per heavy atom. The SMILES string of the molecule is CC1=CCC1NC(=O)c1ccc(-c2cc3c(cc2C(=O)Nc2ccc(CN)cc2)-c2sccc2CCO3)c(C(=O)O)n1. The Kier molecular flexibility index (Phi) is 7.32. The lowest BCUT2D eigenvalue weighted by molar-refractivity contribution is 0.0691. The van der Waals surface area contributed by atoms with Crippen molar-refractivity contribution in [2.45, 2.75) is 32.4 Å². The summed E-state index contributed by atoms with van der Waals surface area (Å²) in [5.41, 5.74) is 10.5. The zero-order valence-corrected chi connectivity index (χ0v) is 23.6. The molecule has 1 unspecified atom stereocenters. The van der Waals surface area contributed by atoms with Crippen LogP contribution in [0.15, 0.2) is 71.6 Å². The summed E-state index contributed by atoms with van der Waals surface area (Å²) in [5.74, 6) is -1.67. The zero-order chi connectivity index (χ0) is 29.4. The van der Waals surface area contributed by atoms with Crippen molar-refractivity contribution >= 4 is 34.8 Å². The topological polar surface area (TPSA) is 144 Å². The third-order valence-corrected chi connectivity index (χ3v) is 8.57. The van der Waals surface area contributed by atoms with Crippen LogP contribution < -0.4 is 21.1 Å². The molecule has 0 bridgehead atoms. The summed E-state index contributed by atoms with van der Waals surface area (Å²) in [6, 6.07) is 15.6. The standard InChI is InChI=1S/C32H28N4O5S/c1-17-2-8-25(17)36-31(38)26-9-7-21(28(35-26)32(39)40)22-15-27-24(29-19(10-12-41-27)11-13-42-29)14-23(22)30(37)34-20-5-3-18(16-33)4-6-20/h2-7,9,11,13-15,25H,8,10,12,16,33H2,1H3,(H,34,37)(H,36,38)(H,39,40). The van der Waals surface area contributed by atoms with Crippen LogP contribution in [0.4, 0.5) is 5.69 Å². The van der Waals surface area contributed by atoms with Crippen LogP contribution in [-0.4, -0.2) is 40.5 Å². The van der Waals surface area contributed by atoms with Gasteiger partial charge in [0.1, 0.15) is 11.4 Å². The Morgan fingerprint density at radius 1 is 1.05 bits per heavy atom. The fraction of sp³-hybridized carbons (Fsp3) is 0.188. The second-order valence-electron chi connectivity index (χ2n) is 10.2. The maximum Gasteiger partial charge on any atom is 0.355 e. The molecule has 2 aliphatic rings. The molecule has 9 nitrogen and oxygen atoms in total. The van der Waals surface area contributed by atoms with Crippen molar-refractivity contribution in [3.63, 3.8) is 0 Å². The molecule has 42 heavy (non-hydrogen) atoms. The van der Waals surface area contributed by atoms with Crippen molar-refractivity contribution in [2.75, 3.05) is 11.9 Å². The molecule has 6 rings (SSSR count). The number of nitrogens with zero attached hydrogens (tertiary/aromatic N) is 1. The van der Waals surface area contributed by atoms with Crippen LogP contribution in [0.5, 0.6) is 5.75 Å². The summed E-state index contributed by atoms with van der Waals surface area (Å²) in [6.45, 7) is 2.74. The molecule has 1 atom stereocenters. The Labute approximate surface area is 246 Å². The van der Waals surface area contributed by atoms with Gasteiger partial charge in [-0.1, -0.05) is 23.8 Å². The van der Waals surface area contributed by atoms with Gasteiger partial charge >= 0.3 is 5.97 Å².